The van der Waals surface area contributed by atoms with E-state index in [1.54, 1.807) is 30.3 Å². The van der Waals surface area contributed by atoms with Gasteiger partial charge in [-0.2, -0.15) is 4.31 Å². The van der Waals surface area contributed by atoms with Crippen molar-refractivity contribution >= 4 is 39.3 Å². The fraction of sp³-hybridized carbons (Fsp3) is 0.250. The standard InChI is InChI=1S/C20H21ClN2O5S/c1-27-19-8-7-17(29(25,26)23-10-12-28-13-11-23)14-18(19)22-20(24)9-4-15-2-5-16(21)6-3-15/h2-9,14H,10-13H2,1H3,(H,22,24). The van der Waals surface area contributed by atoms with Crippen LogP contribution in [-0.2, 0) is 19.6 Å². The quantitative estimate of drug-likeness (QED) is 0.703. The molecule has 1 aliphatic heterocycles. The van der Waals surface area contributed by atoms with Crippen LogP contribution in [0.3, 0.4) is 0 Å². The van der Waals surface area contributed by atoms with Crippen molar-refractivity contribution in [1.29, 1.82) is 0 Å². The third-order valence-electron chi connectivity index (χ3n) is 4.33. The van der Waals surface area contributed by atoms with E-state index in [1.165, 1.54) is 35.7 Å². The van der Waals surface area contributed by atoms with Crippen molar-refractivity contribution in [3.05, 3.63) is 59.1 Å². The van der Waals surface area contributed by atoms with Crippen LogP contribution in [0.1, 0.15) is 5.56 Å². The first-order valence-electron chi connectivity index (χ1n) is 8.91. The first-order valence-corrected chi connectivity index (χ1v) is 10.7. The van der Waals surface area contributed by atoms with Gasteiger partial charge in [-0.05, 0) is 42.0 Å². The zero-order valence-electron chi connectivity index (χ0n) is 15.8. The molecule has 1 fully saturated rings. The molecule has 0 aliphatic carbocycles. The molecule has 9 heteroatoms. The van der Waals surface area contributed by atoms with Crippen molar-refractivity contribution < 1.29 is 22.7 Å². The fourth-order valence-electron chi connectivity index (χ4n) is 2.80. The van der Waals surface area contributed by atoms with Crippen molar-refractivity contribution in [2.75, 3.05) is 38.7 Å². The Bertz CT molecular complexity index is 1000. The van der Waals surface area contributed by atoms with Gasteiger partial charge in [0.05, 0.1) is 30.9 Å². The van der Waals surface area contributed by atoms with Gasteiger partial charge in [0.2, 0.25) is 15.9 Å². The highest BCUT2D eigenvalue weighted by molar-refractivity contribution is 7.89. The zero-order chi connectivity index (χ0) is 20.9. The smallest absolute Gasteiger partial charge is 0.248 e. The number of sulfonamides is 1. The highest BCUT2D eigenvalue weighted by Crippen LogP contribution is 2.29. The number of anilines is 1. The number of benzene rings is 2. The second kappa shape index (κ2) is 9.41. The number of hydrogen-bond donors (Lipinski definition) is 1. The lowest BCUT2D eigenvalue weighted by atomic mass is 10.2. The summed E-state index contributed by atoms with van der Waals surface area (Å²) in [6.45, 7) is 1.29. The van der Waals surface area contributed by atoms with Gasteiger partial charge < -0.3 is 14.8 Å². The third kappa shape index (κ3) is 5.36. The molecule has 0 atom stereocenters. The molecule has 0 aromatic heterocycles. The number of carbonyl (C=O) groups excluding carboxylic acids is 1. The van der Waals surface area contributed by atoms with Crippen LogP contribution in [0.25, 0.3) is 6.08 Å². The van der Waals surface area contributed by atoms with E-state index in [9.17, 15) is 13.2 Å². The Labute approximate surface area is 174 Å². The van der Waals surface area contributed by atoms with Crippen molar-refractivity contribution in [3.63, 3.8) is 0 Å². The van der Waals surface area contributed by atoms with Crippen LogP contribution in [-0.4, -0.2) is 52.0 Å². The molecule has 0 unspecified atom stereocenters. The minimum atomic E-state index is -3.69. The van der Waals surface area contributed by atoms with Gasteiger partial charge in [0.15, 0.2) is 0 Å². The maximum atomic E-state index is 12.9. The first-order chi connectivity index (χ1) is 13.9. The lowest BCUT2D eigenvalue weighted by Crippen LogP contribution is -2.40. The molecule has 1 heterocycles. The van der Waals surface area contributed by atoms with Crippen LogP contribution in [0, 0.1) is 0 Å². The summed E-state index contributed by atoms with van der Waals surface area (Å²) in [5, 5.41) is 3.28. The second-order valence-corrected chi connectivity index (χ2v) is 8.63. The maximum absolute atomic E-state index is 12.9. The Morgan fingerprint density at radius 2 is 1.86 bits per heavy atom. The number of morpholine rings is 1. The lowest BCUT2D eigenvalue weighted by molar-refractivity contribution is -0.111. The molecule has 2 aromatic rings. The van der Waals surface area contributed by atoms with Crippen LogP contribution >= 0.6 is 11.6 Å². The SMILES string of the molecule is COc1ccc(S(=O)(=O)N2CCOCC2)cc1NC(=O)C=Cc1ccc(Cl)cc1. The molecule has 1 N–H and O–H groups in total. The van der Waals surface area contributed by atoms with Crippen LogP contribution in [0.5, 0.6) is 5.75 Å². The van der Waals surface area contributed by atoms with Crippen LogP contribution in [0.4, 0.5) is 5.69 Å². The topological polar surface area (TPSA) is 84.9 Å². The highest BCUT2D eigenvalue weighted by Gasteiger charge is 2.27. The molecule has 29 heavy (non-hydrogen) atoms. The van der Waals surface area contributed by atoms with Crippen molar-refractivity contribution in [2.45, 2.75) is 4.90 Å². The number of methoxy groups -OCH3 is 1. The van der Waals surface area contributed by atoms with E-state index in [0.717, 1.165) is 5.56 Å². The number of hydrogen-bond acceptors (Lipinski definition) is 5. The van der Waals surface area contributed by atoms with Gasteiger partial charge in [-0.1, -0.05) is 23.7 Å². The Morgan fingerprint density at radius 1 is 1.17 bits per heavy atom. The highest BCUT2D eigenvalue weighted by atomic mass is 35.5. The number of amides is 1. The average molecular weight is 437 g/mol. The van der Waals surface area contributed by atoms with Crippen LogP contribution in [0.2, 0.25) is 5.02 Å². The molecule has 0 saturated carbocycles. The predicted octanol–water partition coefficient (Wildman–Crippen LogP) is 3.02. The van der Waals surface area contributed by atoms with E-state index in [4.69, 9.17) is 21.1 Å². The molecular weight excluding hydrogens is 416 g/mol. The summed E-state index contributed by atoms with van der Waals surface area (Å²) in [6, 6.07) is 11.4. The summed E-state index contributed by atoms with van der Waals surface area (Å²) in [7, 11) is -2.24. The van der Waals surface area contributed by atoms with Crippen molar-refractivity contribution in [2.24, 2.45) is 0 Å². The molecule has 0 radical (unpaired) electrons. The van der Waals surface area contributed by atoms with Gasteiger partial charge in [-0.15, -0.1) is 0 Å². The Morgan fingerprint density at radius 3 is 2.52 bits per heavy atom. The summed E-state index contributed by atoms with van der Waals surface area (Å²) in [4.78, 5) is 12.4. The molecular formula is C20H21ClN2O5S. The minimum Gasteiger partial charge on any atom is -0.495 e. The molecule has 0 bridgehead atoms. The van der Waals surface area contributed by atoms with Crippen molar-refractivity contribution in [3.8, 4) is 5.75 Å². The van der Waals surface area contributed by atoms with Gasteiger partial charge in [-0.3, -0.25) is 4.79 Å². The lowest BCUT2D eigenvalue weighted by Gasteiger charge is -2.26. The third-order valence-corrected chi connectivity index (χ3v) is 6.48. The number of nitrogens with zero attached hydrogens (tertiary/aromatic N) is 1. The van der Waals surface area contributed by atoms with Gasteiger partial charge in [0, 0.05) is 24.2 Å². The predicted molar refractivity (Wildman–Crippen MR) is 112 cm³/mol. The van der Waals surface area contributed by atoms with E-state index in [-0.39, 0.29) is 10.6 Å². The summed E-state index contributed by atoms with van der Waals surface area (Å²) >= 11 is 5.85. The summed E-state index contributed by atoms with van der Waals surface area (Å²) in [5.74, 6) is -0.0571. The van der Waals surface area contributed by atoms with Crippen LogP contribution in [0.15, 0.2) is 53.4 Å². The van der Waals surface area contributed by atoms with Gasteiger partial charge in [0.1, 0.15) is 5.75 Å². The first kappa shape index (κ1) is 21.3. The zero-order valence-corrected chi connectivity index (χ0v) is 17.4. The maximum Gasteiger partial charge on any atom is 0.248 e. The van der Waals surface area contributed by atoms with E-state index in [1.807, 2.05) is 0 Å². The summed E-state index contributed by atoms with van der Waals surface area (Å²) in [6.07, 6.45) is 2.98. The molecule has 7 nitrogen and oxygen atoms in total. The number of rotatable bonds is 6. The fourth-order valence-corrected chi connectivity index (χ4v) is 4.36. The normalized spacial score (nSPS) is 15.4. The molecule has 2 aromatic carbocycles. The Kier molecular flexibility index (Phi) is 6.92. The Balaban J connectivity index is 1.79. The van der Waals surface area contributed by atoms with Gasteiger partial charge >= 0.3 is 0 Å². The van der Waals surface area contributed by atoms with E-state index in [2.05, 4.69) is 5.32 Å². The molecule has 1 aliphatic rings. The summed E-state index contributed by atoms with van der Waals surface area (Å²) in [5.41, 5.74) is 1.08. The molecule has 0 spiro atoms. The van der Waals surface area contributed by atoms with E-state index < -0.39 is 15.9 Å². The van der Waals surface area contributed by atoms with Crippen molar-refractivity contribution in [1.82, 2.24) is 4.31 Å². The monoisotopic (exact) mass is 436 g/mol. The minimum absolute atomic E-state index is 0.0807. The molecule has 3 rings (SSSR count). The number of halogens is 1. The molecule has 154 valence electrons. The second-order valence-electron chi connectivity index (χ2n) is 6.25. The Hall–Kier alpha value is -2.39. The molecule has 1 saturated heterocycles. The molecule has 1 amide bonds. The van der Waals surface area contributed by atoms with Gasteiger partial charge in [0.25, 0.3) is 0 Å². The van der Waals surface area contributed by atoms with Crippen LogP contribution < -0.4 is 10.1 Å². The average Bonchev–Trinajstić information content (AvgIpc) is 2.74. The summed E-state index contributed by atoms with van der Waals surface area (Å²) < 4.78 is 37.5. The van der Waals surface area contributed by atoms with E-state index >= 15 is 0 Å². The van der Waals surface area contributed by atoms with E-state index in [0.29, 0.717) is 37.1 Å². The largest absolute Gasteiger partial charge is 0.495 e. The number of ether oxygens (including phenoxy) is 2. The van der Waals surface area contributed by atoms with Gasteiger partial charge in [-0.25, -0.2) is 8.42 Å². The number of carbonyl (C=O) groups is 1. The number of nitrogens with one attached hydrogen (secondary N) is 1.